The van der Waals surface area contributed by atoms with Crippen molar-refractivity contribution in [2.24, 2.45) is 4.99 Å². The average Bonchev–Trinajstić information content (AvgIpc) is 2.59. The second-order valence-corrected chi connectivity index (χ2v) is 4.55. The molecule has 0 saturated carbocycles. The van der Waals surface area contributed by atoms with Gasteiger partial charge in [0.05, 0.1) is 29.6 Å². The lowest BCUT2D eigenvalue weighted by Gasteiger charge is -2.09. The summed E-state index contributed by atoms with van der Waals surface area (Å²) in [6, 6.07) is 0. The van der Waals surface area contributed by atoms with E-state index in [9.17, 15) is 5.11 Å². The number of nitrogens with zero attached hydrogens (tertiary/aromatic N) is 3. The molecular weight excluding hydrogens is 206 g/mol. The first-order chi connectivity index (χ1) is 7.49. The third kappa shape index (κ3) is 2.04. The number of hydrogen-bond donors (Lipinski definition) is 1. The molecule has 1 aromatic rings. The minimum atomic E-state index is -0.611. The van der Waals surface area contributed by atoms with Crippen LogP contribution in [0.25, 0.3) is 0 Å². The number of ether oxygens (including phenoxy) is 1. The van der Waals surface area contributed by atoms with Crippen molar-refractivity contribution in [3.8, 4) is 0 Å². The van der Waals surface area contributed by atoms with E-state index in [-0.39, 0.29) is 5.54 Å². The zero-order valence-electron chi connectivity index (χ0n) is 9.64. The van der Waals surface area contributed by atoms with E-state index < -0.39 is 6.10 Å². The highest BCUT2D eigenvalue weighted by atomic mass is 16.5. The van der Waals surface area contributed by atoms with Gasteiger partial charge >= 0.3 is 0 Å². The lowest BCUT2D eigenvalue weighted by atomic mass is 10.1. The van der Waals surface area contributed by atoms with Crippen LogP contribution in [0.5, 0.6) is 0 Å². The van der Waals surface area contributed by atoms with E-state index in [1.165, 1.54) is 6.20 Å². The SMILES string of the molecule is CC(O)c1cnncc1C1=NC(C)(C)CO1. The van der Waals surface area contributed by atoms with Crippen molar-refractivity contribution in [1.29, 1.82) is 0 Å². The van der Waals surface area contributed by atoms with Crippen LogP contribution in [-0.4, -0.2) is 33.3 Å². The molecule has 0 saturated heterocycles. The van der Waals surface area contributed by atoms with Crippen LogP contribution in [0.3, 0.4) is 0 Å². The van der Waals surface area contributed by atoms with Gasteiger partial charge in [-0.2, -0.15) is 10.2 Å². The second-order valence-electron chi connectivity index (χ2n) is 4.55. The van der Waals surface area contributed by atoms with Gasteiger partial charge in [0, 0.05) is 5.56 Å². The summed E-state index contributed by atoms with van der Waals surface area (Å²) >= 11 is 0. The van der Waals surface area contributed by atoms with Gasteiger partial charge in [-0.05, 0) is 20.8 Å². The quantitative estimate of drug-likeness (QED) is 0.811. The molecule has 0 aliphatic carbocycles. The zero-order valence-corrected chi connectivity index (χ0v) is 9.64. The fraction of sp³-hybridized carbons (Fsp3) is 0.545. The molecule has 2 rings (SSSR count). The first-order valence-corrected chi connectivity index (χ1v) is 5.21. The van der Waals surface area contributed by atoms with Gasteiger partial charge in [0.25, 0.3) is 0 Å². The van der Waals surface area contributed by atoms with E-state index >= 15 is 0 Å². The first-order valence-electron chi connectivity index (χ1n) is 5.21. The van der Waals surface area contributed by atoms with E-state index in [0.717, 1.165) is 5.56 Å². The van der Waals surface area contributed by atoms with Crippen LogP contribution in [0.2, 0.25) is 0 Å². The standard InChI is InChI=1S/C11H15N3O2/c1-7(15)8-4-12-13-5-9(8)10-14-11(2,3)6-16-10/h4-5,7,15H,6H2,1-3H3. The van der Waals surface area contributed by atoms with E-state index in [1.54, 1.807) is 13.1 Å². The van der Waals surface area contributed by atoms with Gasteiger partial charge in [-0.25, -0.2) is 4.99 Å². The van der Waals surface area contributed by atoms with E-state index in [1.807, 2.05) is 13.8 Å². The summed E-state index contributed by atoms with van der Waals surface area (Å²) in [7, 11) is 0. The van der Waals surface area contributed by atoms with Gasteiger partial charge in [-0.1, -0.05) is 0 Å². The van der Waals surface area contributed by atoms with Gasteiger partial charge in [-0.3, -0.25) is 0 Å². The molecule has 1 atom stereocenters. The summed E-state index contributed by atoms with van der Waals surface area (Å²) in [5.74, 6) is 0.538. The van der Waals surface area contributed by atoms with Crippen molar-refractivity contribution in [1.82, 2.24) is 10.2 Å². The molecule has 0 spiro atoms. The Morgan fingerprint density at radius 3 is 2.62 bits per heavy atom. The van der Waals surface area contributed by atoms with Gasteiger partial charge in [0.15, 0.2) is 0 Å². The first kappa shape index (κ1) is 11.0. The molecule has 0 amide bonds. The largest absolute Gasteiger partial charge is 0.475 e. The minimum Gasteiger partial charge on any atom is -0.475 e. The highest BCUT2D eigenvalue weighted by molar-refractivity contribution is 5.96. The van der Waals surface area contributed by atoms with E-state index in [4.69, 9.17) is 4.74 Å². The molecule has 16 heavy (non-hydrogen) atoms. The van der Waals surface area contributed by atoms with Crippen LogP contribution < -0.4 is 0 Å². The predicted molar refractivity (Wildman–Crippen MR) is 59.2 cm³/mol. The summed E-state index contributed by atoms with van der Waals surface area (Å²) in [6.07, 6.45) is 2.50. The maximum atomic E-state index is 9.62. The molecule has 0 fully saturated rings. The molecule has 1 aromatic heterocycles. The Bertz CT molecular complexity index is 427. The number of aliphatic hydroxyl groups excluding tert-OH is 1. The van der Waals surface area contributed by atoms with Crippen molar-refractivity contribution < 1.29 is 9.84 Å². The molecule has 1 unspecified atom stereocenters. The number of rotatable bonds is 2. The molecule has 0 bridgehead atoms. The molecular formula is C11H15N3O2. The van der Waals surface area contributed by atoms with Crippen LogP contribution in [0, 0.1) is 0 Å². The Labute approximate surface area is 94.2 Å². The smallest absolute Gasteiger partial charge is 0.218 e. The number of aromatic nitrogens is 2. The Hall–Kier alpha value is -1.49. The van der Waals surface area contributed by atoms with Crippen molar-refractivity contribution in [2.75, 3.05) is 6.61 Å². The van der Waals surface area contributed by atoms with Gasteiger partial charge < -0.3 is 9.84 Å². The van der Waals surface area contributed by atoms with Crippen LogP contribution in [-0.2, 0) is 4.74 Å². The highest BCUT2D eigenvalue weighted by Gasteiger charge is 2.28. The van der Waals surface area contributed by atoms with Gasteiger partial charge in [0.2, 0.25) is 5.90 Å². The lowest BCUT2D eigenvalue weighted by Crippen LogP contribution is -2.17. The lowest BCUT2D eigenvalue weighted by molar-refractivity contribution is 0.197. The minimum absolute atomic E-state index is 0.214. The Morgan fingerprint density at radius 2 is 2.06 bits per heavy atom. The highest BCUT2D eigenvalue weighted by Crippen LogP contribution is 2.24. The summed E-state index contributed by atoms with van der Waals surface area (Å²) < 4.78 is 5.52. The molecule has 1 N–H and O–H groups in total. The van der Waals surface area contributed by atoms with Crippen LogP contribution in [0.15, 0.2) is 17.4 Å². The topological polar surface area (TPSA) is 67.6 Å². The Kier molecular flexibility index (Phi) is 2.63. The summed E-state index contributed by atoms with van der Waals surface area (Å²) in [5.41, 5.74) is 1.19. The van der Waals surface area contributed by atoms with Crippen molar-refractivity contribution in [2.45, 2.75) is 32.4 Å². The third-order valence-electron chi connectivity index (χ3n) is 2.41. The molecule has 5 nitrogen and oxygen atoms in total. The number of aliphatic hydroxyl groups is 1. The fourth-order valence-electron chi connectivity index (χ4n) is 1.56. The van der Waals surface area contributed by atoms with Crippen LogP contribution in [0.1, 0.15) is 38.0 Å². The van der Waals surface area contributed by atoms with E-state index in [2.05, 4.69) is 15.2 Å². The summed E-state index contributed by atoms with van der Waals surface area (Å²) in [6.45, 7) is 6.22. The van der Waals surface area contributed by atoms with Crippen molar-refractivity contribution in [3.63, 3.8) is 0 Å². The molecule has 86 valence electrons. The van der Waals surface area contributed by atoms with Crippen LogP contribution >= 0.6 is 0 Å². The maximum absolute atomic E-state index is 9.62. The normalized spacial score (nSPS) is 20.1. The monoisotopic (exact) mass is 221 g/mol. The Balaban J connectivity index is 2.42. The molecule has 0 radical (unpaired) electrons. The maximum Gasteiger partial charge on any atom is 0.218 e. The zero-order chi connectivity index (χ0) is 11.8. The molecule has 1 aliphatic rings. The Morgan fingerprint density at radius 1 is 1.38 bits per heavy atom. The molecule has 0 aromatic carbocycles. The molecule has 2 heterocycles. The number of aliphatic imine (C=N–C) groups is 1. The third-order valence-corrected chi connectivity index (χ3v) is 2.41. The average molecular weight is 221 g/mol. The van der Waals surface area contributed by atoms with Crippen molar-refractivity contribution in [3.05, 3.63) is 23.5 Å². The summed E-state index contributed by atoms with van der Waals surface area (Å²) in [5, 5.41) is 17.2. The van der Waals surface area contributed by atoms with E-state index in [0.29, 0.717) is 18.1 Å². The van der Waals surface area contributed by atoms with Crippen molar-refractivity contribution >= 4 is 5.90 Å². The van der Waals surface area contributed by atoms with Crippen LogP contribution in [0.4, 0.5) is 0 Å². The number of hydrogen-bond acceptors (Lipinski definition) is 5. The van der Waals surface area contributed by atoms with Gasteiger partial charge in [0.1, 0.15) is 6.61 Å². The second kappa shape index (κ2) is 3.83. The molecule has 1 aliphatic heterocycles. The van der Waals surface area contributed by atoms with Gasteiger partial charge in [-0.15, -0.1) is 0 Å². The molecule has 5 heteroatoms. The summed E-state index contributed by atoms with van der Waals surface area (Å²) in [4.78, 5) is 4.45. The fourth-order valence-corrected chi connectivity index (χ4v) is 1.56. The predicted octanol–water partition coefficient (Wildman–Crippen LogP) is 1.09.